The Kier molecular flexibility index (Phi) is 4.82. The summed E-state index contributed by atoms with van der Waals surface area (Å²) >= 11 is 0. The molecule has 0 radical (unpaired) electrons. The van der Waals surface area contributed by atoms with Crippen molar-refractivity contribution in [3.05, 3.63) is 68.8 Å². The first kappa shape index (κ1) is 18.4. The van der Waals surface area contributed by atoms with E-state index in [-0.39, 0.29) is 5.69 Å². The second-order valence-corrected chi connectivity index (χ2v) is 8.16. The third-order valence-corrected chi connectivity index (χ3v) is 6.50. The molecule has 0 heterocycles. The van der Waals surface area contributed by atoms with Crippen molar-refractivity contribution in [3.63, 3.8) is 0 Å². The van der Waals surface area contributed by atoms with Crippen LogP contribution in [0.5, 0.6) is 0 Å². The van der Waals surface area contributed by atoms with Gasteiger partial charge >= 0.3 is 0 Å². The molecular formula is C12H9N3O8S2. The van der Waals surface area contributed by atoms with Crippen molar-refractivity contribution in [1.29, 1.82) is 0 Å². The molecule has 0 saturated carbocycles. The number of sulfonamides is 2. The van der Waals surface area contributed by atoms with Crippen LogP contribution in [0.1, 0.15) is 0 Å². The Hall–Kier alpha value is -2.90. The van der Waals surface area contributed by atoms with Crippen LogP contribution in [0.4, 0.5) is 11.4 Å². The highest BCUT2D eigenvalue weighted by Crippen LogP contribution is 2.24. The summed E-state index contributed by atoms with van der Waals surface area (Å²) in [5, 5.41) is 21.5. The number of para-hydroxylation sites is 1. The summed E-state index contributed by atoms with van der Waals surface area (Å²) in [4.78, 5) is 18.4. The summed E-state index contributed by atoms with van der Waals surface area (Å²) in [6, 6.07) is 7.66. The van der Waals surface area contributed by atoms with Crippen molar-refractivity contribution in [2.24, 2.45) is 0 Å². The van der Waals surface area contributed by atoms with E-state index in [0.717, 1.165) is 36.4 Å². The first-order valence-electron chi connectivity index (χ1n) is 6.31. The van der Waals surface area contributed by atoms with Gasteiger partial charge in [-0.25, -0.2) is 16.8 Å². The summed E-state index contributed by atoms with van der Waals surface area (Å²) in [5.41, 5.74) is -1.19. The summed E-state index contributed by atoms with van der Waals surface area (Å²) in [5.74, 6) is 0. The summed E-state index contributed by atoms with van der Waals surface area (Å²) < 4.78 is 50.1. The molecule has 0 aromatic heterocycles. The minimum atomic E-state index is -4.78. The Balaban J connectivity index is 2.43. The molecule has 0 fully saturated rings. The molecule has 0 aliphatic rings. The van der Waals surface area contributed by atoms with Crippen LogP contribution in [0.15, 0.2) is 58.3 Å². The van der Waals surface area contributed by atoms with E-state index in [4.69, 9.17) is 0 Å². The molecule has 0 bridgehead atoms. The van der Waals surface area contributed by atoms with E-state index in [9.17, 15) is 37.1 Å². The summed E-state index contributed by atoms with van der Waals surface area (Å²) in [6.07, 6.45) is 0. The average molecular weight is 387 g/mol. The number of rotatable bonds is 6. The van der Waals surface area contributed by atoms with Gasteiger partial charge in [0.15, 0.2) is 4.90 Å². The normalized spacial score (nSPS) is 11.8. The van der Waals surface area contributed by atoms with Crippen molar-refractivity contribution in [2.75, 3.05) is 0 Å². The van der Waals surface area contributed by atoms with Crippen LogP contribution < -0.4 is 4.13 Å². The molecule has 0 unspecified atom stereocenters. The van der Waals surface area contributed by atoms with Crippen LogP contribution in [0.2, 0.25) is 0 Å². The van der Waals surface area contributed by atoms with Gasteiger partial charge in [-0.2, -0.15) is 0 Å². The third kappa shape index (κ3) is 3.96. The zero-order valence-corrected chi connectivity index (χ0v) is 13.7. The van der Waals surface area contributed by atoms with Crippen LogP contribution in [0, 0.1) is 20.2 Å². The number of nitrogens with zero attached hydrogens (tertiary/aromatic N) is 2. The van der Waals surface area contributed by atoms with Crippen LogP contribution in [-0.2, 0) is 20.0 Å². The first-order chi connectivity index (χ1) is 11.5. The molecule has 132 valence electrons. The number of nitrogens with one attached hydrogen (secondary N) is 1. The topological polar surface area (TPSA) is 167 Å². The fraction of sp³-hybridized carbons (Fsp3) is 0. The largest absolute Gasteiger partial charge is 0.289 e. The second kappa shape index (κ2) is 6.54. The quantitative estimate of drug-likeness (QED) is 0.569. The Morgan fingerprint density at radius 1 is 0.760 bits per heavy atom. The van der Waals surface area contributed by atoms with Gasteiger partial charge in [-0.05, 0) is 18.2 Å². The minimum absolute atomic E-state index is 0.388. The zero-order valence-electron chi connectivity index (χ0n) is 12.1. The van der Waals surface area contributed by atoms with Crippen molar-refractivity contribution in [1.82, 2.24) is 4.13 Å². The van der Waals surface area contributed by atoms with Gasteiger partial charge in [-0.1, -0.05) is 12.1 Å². The fourth-order valence-corrected chi connectivity index (χ4v) is 4.89. The maximum Gasteiger partial charge on any atom is 0.289 e. The van der Waals surface area contributed by atoms with Gasteiger partial charge in [0.05, 0.1) is 14.7 Å². The van der Waals surface area contributed by atoms with E-state index in [0.29, 0.717) is 0 Å². The lowest BCUT2D eigenvalue weighted by molar-refractivity contribution is -0.387. The predicted molar refractivity (Wildman–Crippen MR) is 83.7 cm³/mol. The highest BCUT2D eigenvalue weighted by atomic mass is 32.3. The first-order valence-corrected chi connectivity index (χ1v) is 9.28. The maximum atomic E-state index is 12.2. The molecule has 0 aliphatic carbocycles. The van der Waals surface area contributed by atoms with Crippen LogP contribution in [0.3, 0.4) is 0 Å². The molecule has 2 aromatic rings. The van der Waals surface area contributed by atoms with E-state index in [1.54, 1.807) is 0 Å². The third-order valence-electron chi connectivity index (χ3n) is 2.93. The van der Waals surface area contributed by atoms with Gasteiger partial charge in [-0.3, -0.25) is 20.2 Å². The van der Waals surface area contributed by atoms with Gasteiger partial charge < -0.3 is 0 Å². The number of hydrogen-bond donors (Lipinski definition) is 1. The molecule has 25 heavy (non-hydrogen) atoms. The molecular weight excluding hydrogens is 378 g/mol. The second-order valence-electron chi connectivity index (χ2n) is 4.57. The smallest absolute Gasteiger partial charge is 0.258 e. The Morgan fingerprint density at radius 2 is 1.32 bits per heavy atom. The number of non-ortho nitro benzene ring substituents is 1. The molecule has 0 atom stereocenters. The predicted octanol–water partition coefficient (Wildman–Crippen LogP) is 1.17. The van der Waals surface area contributed by atoms with E-state index in [2.05, 4.69) is 0 Å². The van der Waals surface area contributed by atoms with Crippen LogP contribution in [-0.4, -0.2) is 26.7 Å². The van der Waals surface area contributed by atoms with Gasteiger partial charge in [0.1, 0.15) is 0 Å². The zero-order chi connectivity index (χ0) is 18.8. The molecule has 0 amide bonds. The fourth-order valence-electron chi connectivity index (χ4n) is 1.82. The maximum absolute atomic E-state index is 12.2. The van der Waals surface area contributed by atoms with Crippen molar-refractivity contribution < 1.29 is 26.7 Å². The standard InChI is InChI=1S/C12H9N3O8S2/c16-14(17)9-5-7-10(8-6-9)24(20,21)13-25(22,23)12-4-2-1-3-11(12)15(18)19/h1-8,13H. The number of nitro groups is 2. The highest BCUT2D eigenvalue weighted by Gasteiger charge is 2.30. The lowest BCUT2D eigenvalue weighted by Crippen LogP contribution is -2.31. The number of nitro benzene ring substituents is 2. The highest BCUT2D eigenvalue weighted by molar-refractivity contribution is 8.04. The monoisotopic (exact) mass is 387 g/mol. The molecule has 0 spiro atoms. The molecule has 11 nitrogen and oxygen atoms in total. The Morgan fingerprint density at radius 3 is 1.84 bits per heavy atom. The lowest BCUT2D eigenvalue weighted by Gasteiger charge is -2.08. The van der Waals surface area contributed by atoms with Crippen LogP contribution in [0.25, 0.3) is 0 Å². The van der Waals surface area contributed by atoms with Crippen molar-refractivity contribution in [2.45, 2.75) is 9.79 Å². The van der Waals surface area contributed by atoms with E-state index in [1.807, 2.05) is 0 Å². The number of benzene rings is 2. The lowest BCUT2D eigenvalue weighted by atomic mass is 10.3. The minimum Gasteiger partial charge on any atom is -0.258 e. The van der Waals surface area contributed by atoms with Crippen molar-refractivity contribution in [3.8, 4) is 0 Å². The van der Waals surface area contributed by atoms with Gasteiger partial charge in [-0.15, -0.1) is 4.13 Å². The van der Waals surface area contributed by atoms with E-state index >= 15 is 0 Å². The van der Waals surface area contributed by atoms with Crippen molar-refractivity contribution >= 4 is 31.4 Å². The van der Waals surface area contributed by atoms with Gasteiger partial charge in [0.2, 0.25) is 0 Å². The molecule has 13 heteroatoms. The van der Waals surface area contributed by atoms with E-state index < -0.39 is 45.4 Å². The Labute approximate surface area is 141 Å². The SMILES string of the molecule is O=[N+]([O-])c1ccc(S(=O)(=O)NS(=O)(=O)c2ccccc2[N+](=O)[O-])cc1. The number of hydrogen-bond acceptors (Lipinski definition) is 8. The molecule has 0 aliphatic heterocycles. The van der Waals surface area contributed by atoms with Gasteiger partial charge in [0, 0.05) is 18.2 Å². The molecule has 1 N–H and O–H groups in total. The summed E-state index contributed by atoms with van der Waals surface area (Å²) in [6.45, 7) is 0. The van der Waals surface area contributed by atoms with Crippen LogP contribution >= 0.6 is 0 Å². The molecule has 2 aromatic carbocycles. The molecule has 0 saturated heterocycles. The van der Waals surface area contributed by atoms with E-state index in [1.165, 1.54) is 16.3 Å². The summed E-state index contributed by atoms with van der Waals surface area (Å²) in [7, 11) is -9.42. The van der Waals surface area contributed by atoms with Gasteiger partial charge in [0.25, 0.3) is 31.4 Å². The average Bonchev–Trinajstić information content (AvgIpc) is 2.54. The molecule has 2 rings (SSSR count). The Bertz CT molecular complexity index is 1050.